The van der Waals surface area contributed by atoms with Crippen LogP contribution in [0.1, 0.15) is 5.56 Å². The Kier molecular flexibility index (Phi) is 2.13. The van der Waals surface area contributed by atoms with Gasteiger partial charge in [-0.2, -0.15) is 8.42 Å². The monoisotopic (exact) mass is 176 g/mol. The van der Waals surface area contributed by atoms with E-state index in [0.29, 0.717) is 0 Å². The van der Waals surface area contributed by atoms with E-state index < -0.39 is 16.0 Å². The van der Waals surface area contributed by atoms with Crippen molar-refractivity contribution in [3.8, 4) is 0 Å². The summed E-state index contributed by atoms with van der Waals surface area (Å²) in [6, 6.07) is 0. The fraction of sp³-hybridized carbons (Fsp3) is 0.200. The molecule has 1 aromatic heterocycles. The standard InChI is InChI=1S/C5H5FN2O2S/c6-11(9,10)3-5-1-7-4-8-2-5/h1-2,4H,3H2. The highest BCUT2D eigenvalue weighted by Gasteiger charge is 2.08. The fourth-order valence-electron chi connectivity index (χ4n) is 0.604. The van der Waals surface area contributed by atoms with Crippen LogP contribution in [0.2, 0.25) is 0 Å². The summed E-state index contributed by atoms with van der Waals surface area (Å²) < 4.78 is 32.1. The summed E-state index contributed by atoms with van der Waals surface area (Å²) >= 11 is 0. The van der Waals surface area contributed by atoms with Crippen LogP contribution in [-0.4, -0.2) is 18.4 Å². The minimum absolute atomic E-state index is 0.245. The number of hydrogen-bond donors (Lipinski definition) is 0. The van der Waals surface area contributed by atoms with Crippen LogP contribution in [0.25, 0.3) is 0 Å². The molecule has 0 aliphatic rings. The molecule has 0 N–H and O–H groups in total. The van der Waals surface area contributed by atoms with E-state index in [0.717, 1.165) is 0 Å². The van der Waals surface area contributed by atoms with Gasteiger partial charge < -0.3 is 0 Å². The lowest BCUT2D eigenvalue weighted by Crippen LogP contribution is -1.96. The average molecular weight is 176 g/mol. The molecule has 0 atom stereocenters. The topological polar surface area (TPSA) is 59.9 Å². The largest absolute Gasteiger partial charge is 0.306 e. The molecule has 6 heteroatoms. The molecule has 60 valence electrons. The highest BCUT2D eigenvalue weighted by Crippen LogP contribution is 2.02. The van der Waals surface area contributed by atoms with Gasteiger partial charge in [-0.3, -0.25) is 0 Å². The molecule has 11 heavy (non-hydrogen) atoms. The summed E-state index contributed by atoms with van der Waals surface area (Å²) in [6.45, 7) is 0. The molecule has 0 amide bonds. The van der Waals surface area contributed by atoms with E-state index in [4.69, 9.17) is 0 Å². The molecule has 0 fully saturated rings. The Morgan fingerprint density at radius 2 is 1.91 bits per heavy atom. The predicted molar refractivity (Wildman–Crippen MR) is 35.8 cm³/mol. The molecule has 0 saturated carbocycles. The predicted octanol–water partition coefficient (Wildman–Crippen LogP) is 0.276. The first kappa shape index (κ1) is 8.06. The molecule has 0 aromatic carbocycles. The van der Waals surface area contributed by atoms with Crippen molar-refractivity contribution in [2.24, 2.45) is 0 Å². The van der Waals surface area contributed by atoms with Gasteiger partial charge in [-0.05, 0) is 0 Å². The molecule has 0 unspecified atom stereocenters. The third kappa shape index (κ3) is 3.03. The summed E-state index contributed by atoms with van der Waals surface area (Å²) in [6.07, 6.45) is 3.75. The SMILES string of the molecule is O=S(=O)(F)Cc1cncnc1. The van der Waals surface area contributed by atoms with Crippen molar-refractivity contribution >= 4 is 10.2 Å². The van der Waals surface area contributed by atoms with Gasteiger partial charge in [0.15, 0.2) is 0 Å². The zero-order valence-electron chi connectivity index (χ0n) is 5.44. The Morgan fingerprint density at radius 1 is 1.36 bits per heavy atom. The second-order valence-electron chi connectivity index (χ2n) is 1.93. The lowest BCUT2D eigenvalue weighted by atomic mass is 10.4. The molecule has 0 aliphatic carbocycles. The first-order valence-corrected chi connectivity index (χ1v) is 4.29. The summed E-state index contributed by atoms with van der Waals surface area (Å²) in [5.74, 6) is -0.659. The van der Waals surface area contributed by atoms with Crippen molar-refractivity contribution in [2.75, 3.05) is 0 Å². The Labute approximate surface area is 63.3 Å². The molecular weight excluding hydrogens is 171 g/mol. The molecule has 0 bridgehead atoms. The molecule has 1 heterocycles. The number of hydrogen-bond acceptors (Lipinski definition) is 4. The maximum atomic E-state index is 12.0. The van der Waals surface area contributed by atoms with Gasteiger partial charge in [0.1, 0.15) is 12.1 Å². The van der Waals surface area contributed by atoms with Crippen molar-refractivity contribution < 1.29 is 12.3 Å². The van der Waals surface area contributed by atoms with Gasteiger partial charge in [0.2, 0.25) is 0 Å². The minimum Gasteiger partial charge on any atom is -0.245 e. The maximum Gasteiger partial charge on any atom is 0.306 e. The van der Waals surface area contributed by atoms with E-state index in [-0.39, 0.29) is 5.56 Å². The molecular formula is C5H5FN2O2S. The third-order valence-electron chi connectivity index (χ3n) is 0.953. The van der Waals surface area contributed by atoms with Gasteiger partial charge in [-0.1, -0.05) is 0 Å². The van der Waals surface area contributed by atoms with Gasteiger partial charge in [-0.25, -0.2) is 9.97 Å². The van der Waals surface area contributed by atoms with E-state index in [1.807, 2.05) is 0 Å². The summed E-state index contributed by atoms with van der Waals surface area (Å²) in [5.41, 5.74) is 0.245. The Balaban J connectivity index is 2.82. The minimum atomic E-state index is -4.46. The second kappa shape index (κ2) is 2.91. The van der Waals surface area contributed by atoms with E-state index in [9.17, 15) is 12.3 Å². The van der Waals surface area contributed by atoms with Crippen LogP contribution in [0, 0.1) is 0 Å². The third-order valence-corrected chi connectivity index (χ3v) is 1.63. The van der Waals surface area contributed by atoms with E-state index in [1.54, 1.807) is 0 Å². The summed E-state index contributed by atoms with van der Waals surface area (Å²) in [5, 5.41) is 0. The van der Waals surface area contributed by atoms with Gasteiger partial charge in [0.05, 0.1) is 0 Å². The Morgan fingerprint density at radius 3 is 2.36 bits per heavy atom. The van der Waals surface area contributed by atoms with Crippen molar-refractivity contribution in [1.29, 1.82) is 0 Å². The Bertz CT molecular complexity index is 324. The molecule has 4 nitrogen and oxygen atoms in total. The molecule has 1 rings (SSSR count). The summed E-state index contributed by atoms with van der Waals surface area (Å²) in [4.78, 5) is 7.05. The lowest BCUT2D eigenvalue weighted by Gasteiger charge is -1.92. The van der Waals surface area contributed by atoms with Crippen LogP contribution in [-0.2, 0) is 16.0 Å². The molecule has 0 saturated heterocycles. The Hall–Kier alpha value is -1.04. The van der Waals surface area contributed by atoms with Gasteiger partial charge in [0, 0.05) is 18.0 Å². The fourth-order valence-corrected chi connectivity index (χ4v) is 1.15. The van der Waals surface area contributed by atoms with Crippen LogP contribution < -0.4 is 0 Å². The number of aromatic nitrogens is 2. The number of rotatable bonds is 2. The highest BCUT2D eigenvalue weighted by molar-refractivity contribution is 7.85. The normalized spacial score (nSPS) is 11.4. The van der Waals surface area contributed by atoms with E-state index >= 15 is 0 Å². The van der Waals surface area contributed by atoms with Crippen LogP contribution in [0.15, 0.2) is 18.7 Å². The average Bonchev–Trinajstić information content (AvgIpc) is 1.85. The van der Waals surface area contributed by atoms with Gasteiger partial charge in [0.25, 0.3) is 0 Å². The van der Waals surface area contributed by atoms with Crippen molar-refractivity contribution in [1.82, 2.24) is 9.97 Å². The van der Waals surface area contributed by atoms with Crippen molar-refractivity contribution in [2.45, 2.75) is 5.75 Å². The van der Waals surface area contributed by atoms with E-state index in [2.05, 4.69) is 9.97 Å². The van der Waals surface area contributed by atoms with Crippen LogP contribution >= 0.6 is 0 Å². The molecule has 0 radical (unpaired) electrons. The number of nitrogens with zero attached hydrogens (tertiary/aromatic N) is 2. The second-order valence-corrected chi connectivity index (χ2v) is 3.30. The highest BCUT2D eigenvalue weighted by atomic mass is 32.3. The van der Waals surface area contributed by atoms with Crippen molar-refractivity contribution in [3.63, 3.8) is 0 Å². The van der Waals surface area contributed by atoms with E-state index in [1.165, 1.54) is 18.7 Å². The summed E-state index contributed by atoms with van der Waals surface area (Å²) in [7, 11) is -4.46. The zero-order valence-corrected chi connectivity index (χ0v) is 6.25. The molecule has 1 aromatic rings. The van der Waals surface area contributed by atoms with Gasteiger partial charge in [-0.15, -0.1) is 3.89 Å². The smallest absolute Gasteiger partial charge is 0.245 e. The molecule has 0 aliphatic heterocycles. The van der Waals surface area contributed by atoms with Crippen LogP contribution in [0.4, 0.5) is 3.89 Å². The van der Waals surface area contributed by atoms with Gasteiger partial charge >= 0.3 is 10.2 Å². The first-order chi connectivity index (χ1) is 5.08. The van der Waals surface area contributed by atoms with Crippen molar-refractivity contribution in [3.05, 3.63) is 24.3 Å². The van der Waals surface area contributed by atoms with Crippen LogP contribution in [0.5, 0.6) is 0 Å². The first-order valence-electron chi connectivity index (χ1n) is 2.74. The lowest BCUT2D eigenvalue weighted by molar-refractivity contribution is 0.551. The zero-order chi connectivity index (χ0) is 8.32. The number of halogens is 1. The van der Waals surface area contributed by atoms with Crippen LogP contribution in [0.3, 0.4) is 0 Å². The quantitative estimate of drug-likeness (QED) is 0.607. The molecule has 0 spiro atoms. The maximum absolute atomic E-state index is 12.0.